The minimum atomic E-state index is -0.238. The highest BCUT2D eigenvalue weighted by atomic mass is 16.2. The van der Waals surface area contributed by atoms with E-state index in [9.17, 15) is 14.4 Å². The number of rotatable bonds is 2. The number of imide groups is 1. The van der Waals surface area contributed by atoms with Crippen LogP contribution in [-0.2, 0) is 9.59 Å². The predicted octanol–water partition coefficient (Wildman–Crippen LogP) is 3.40. The summed E-state index contributed by atoms with van der Waals surface area (Å²) in [6.07, 6.45) is 5.45. The van der Waals surface area contributed by atoms with Crippen LogP contribution < -0.4 is 4.90 Å². The molecule has 0 unspecified atom stereocenters. The van der Waals surface area contributed by atoms with E-state index in [1.165, 1.54) is 10.5 Å². The van der Waals surface area contributed by atoms with Crippen molar-refractivity contribution in [2.75, 3.05) is 18.0 Å². The van der Waals surface area contributed by atoms with Crippen LogP contribution in [0.25, 0.3) is 0 Å². The van der Waals surface area contributed by atoms with E-state index in [0.717, 1.165) is 25.9 Å². The lowest BCUT2D eigenvalue weighted by Crippen LogP contribution is -2.38. The maximum absolute atomic E-state index is 12.8. The van der Waals surface area contributed by atoms with Gasteiger partial charge in [-0.25, -0.2) is 0 Å². The zero-order chi connectivity index (χ0) is 19.1. The van der Waals surface area contributed by atoms with Crippen molar-refractivity contribution in [2.45, 2.75) is 39.5 Å². The number of likely N-dealkylation sites (tertiary alicyclic amines) is 1. The Hall–Kier alpha value is -2.43. The Morgan fingerprint density at radius 1 is 1.00 bits per heavy atom. The average Bonchev–Trinajstić information content (AvgIpc) is 2.92. The van der Waals surface area contributed by atoms with Gasteiger partial charge >= 0.3 is 0 Å². The van der Waals surface area contributed by atoms with E-state index in [1.54, 1.807) is 24.3 Å². The van der Waals surface area contributed by atoms with Crippen molar-refractivity contribution in [1.82, 2.24) is 4.90 Å². The summed E-state index contributed by atoms with van der Waals surface area (Å²) in [5.41, 5.74) is 2.36. The van der Waals surface area contributed by atoms with Crippen molar-refractivity contribution < 1.29 is 14.4 Å². The molecular weight excluding hydrogens is 340 g/mol. The molecule has 0 bridgehead atoms. The highest BCUT2D eigenvalue weighted by Crippen LogP contribution is 2.39. The fourth-order valence-corrected chi connectivity index (χ4v) is 4.44. The summed E-state index contributed by atoms with van der Waals surface area (Å²) < 4.78 is 0. The number of hydrogen-bond acceptors (Lipinski definition) is 3. The Kier molecular flexibility index (Phi) is 4.62. The SMILES string of the molecule is CC1=CC[C@@H]2C(=O)N(c3ccc(C(=O)N4CCC(C)CC4)cc3)C(=O)[C@H]2C1. The number of piperidine rings is 1. The maximum Gasteiger partial charge on any atom is 0.253 e. The molecule has 0 radical (unpaired) electrons. The van der Waals surface area contributed by atoms with E-state index in [2.05, 4.69) is 13.0 Å². The van der Waals surface area contributed by atoms with Gasteiger partial charge in [-0.2, -0.15) is 0 Å². The molecule has 3 aliphatic rings. The topological polar surface area (TPSA) is 57.7 Å². The monoisotopic (exact) mass is 366 g/mol. The molecule has 0 spiro atoms. The molecule has 5 heteroatoms. The van der Waals surface area contributed by atoms with Gasteiger partial charge in [0.25, 0.3) is 5.91 Å². The molecule has 27 heavy (non-hydrogen) atoms. The lowest BCUT2D eigenvalue weighted by Gasteiger charge is -2.30. The molecular formula is C22H26N2O3. The van der Waals surface area contributed by atoms with Crippen LogP contribution in [0.15, 0.2) is 35.9 Å². The Morgan fingerprint density at radius 2 is 1.63 bits per heavy atom. The maximum atomic E-state index is 12.8. The second-order valence-corrected chi connectivity index (χ2v) is 8.24. The standard InChI is InChI=1S/C22H26N2O3/c1-14-9-11-23(12-10-14)20(25)16-4-6-17(7-5-16)24-21(26)18-8-3-15(2)13-19(18)22(24)27/h3-7,14,18-19H,8-13H2,1-2H3/t18-,19-/m0/s1. The molecule has 142 valence electrons. The molecule has 4 rings (SSSR count). The van der Waals surface area contributed by atoms with Gasteiger partial charge in [0.15, 0.2) is 0 Å². The molecule has 3 amide bonds. The molecule has 2 saturated heterocycles. The second-order valence-electron chi connectivity index (χ2n) is 8.24. The molecule has 0 saturated carbocycles. The van der Waals surface area contributed by atoms with Gasteiger partial charge in [0.2, 0.25) is 11.8 Å². The lowest BCUT2D eigenvalue weighted by molar-refractivity contribution is -0.122. The average molecular weight is 366 g/mol. The van der Waals surface area contributed by atoms with Gasteiger partial charge in [0.05, 0.1) is 17.5 Å². The first-order valence-corrected chi connectivity index (χ1v) is 9.88. The van der Waals surface area contributed by atoms with Gasteiger partial charge in [0.1, 0.15) is 0 Å². The molecule has 2 aliphatic heterocycles. The summed E-state index contributed by atoms with van der Waals surface area (Å²) in [4.78, 5) is 41.4. The first kappa shape index (κ1) is 18.0. The fourth-order valence-electron chi connectivity index (χ4n) is 4.44. The number of carbonyl (C=O) groups is 3. The highest BCUT2D eigenvalue weighted by molar-refractivity contribution is 6.22. The Labute approximate surface area is 160 Å². The number of anilines is 1. The zero-order valence-electron chi connectivity index (χ0n) is 16.0. The van der Waals surface area contributed by atoms with Crippen LogP contribution in [0.3, 0.4) is 0 Å². The van der Waals surface area contributed by atoms with Crippen molar-refractivity contribution >= 4 is 23.4 Å². The van der Waals surface area contributed by atoms with E-state index in [-0.39, 0.29) is 29.6 Å². The normalized spacial score (nSPS) is 26.2. The first-order chi connectivity index (χ1) is 13.0. The fraction of sp³-hybridized carbons (Fsp3) is 0.500. The molecule has 2 heterocycles. The van der Waals surface area contributed by atoms with Crippen molar-refractivity contribution in [3.63, 3.8) is 0 Å². The van der Waals surface area contributed by atoms with Crippen molar-refractivity contribution in [3.05, 3.63) is 41.5 Å². The number of amides is 3. The van der Waals surface area contributed by atoms with Gasteiger partial charge in [-0.3, -0.25) is 19.3 Å². The molecule has 1 aliphatic carbocycles. The largest absolute Gasteiger partial charge is 0.339 e. The van der Waals surface area contributed by atoms with Gasteiger partial charge in [-0.15, -0.1) is 0 Å². The Morgan fingerprint density at radius 3 is 2.30 bits per heavy atom. The minimum absolute atomic E-state index is 0.0287. The van der Waals surface area contributed by atoms with Gasteiger partial charge in [-0.05, 0) is 62.8 Å². The summed E-state index contributed by atoms with van der Waals surface area (Å²) in [5, 5.41) is 0. The van der Waals surface area contributed by atoms with E-state index in [1.807, 2.05) is 11.8 Å². The number of carbonyl (C=O) groups excluding carboxylic acids is 3. The Bertz CT molecular complexity index is 803. The lowest BCUT2D eigenvalue weighted by atomic mass is 9.82. The van der Waals surface area contributed by atoms with Crippen molar-refractivity contribution in [2.24, 2.45) is 17.8 Å². The third-order valence-electron chi connectivity index (χ3n) is 6.27. The third-order valence-corrected chi connectivity index (χ3v) is 6.27. The molecule has 1 aromatic rings. The molecule has 5 nitrogen and oxygen atoms in total. The molecule has 2 fully saturated rings. The van der Waals surface area contributed by atoms with Crippen LogP contribution in [0.5, 0.6) is 0 Å². The third kappa shape index (κ3) is 3.20. The molecule has 0 N–H and O–H groups in total. The quantitative estimate of drug-likeness (QED) is 0.595. The summed E-state index contributed by atoms with van der Waals surface area (Å²) in [6, 6.07) is 6.93. The van der Waals surface area contributed by atoms with E-state index < -0.39 is 0 Å². The van der Waals surface area contributed by atoms with Crippen LogP contribution in [-0.4, -0.2) is 35.7 Å². The number of allylic oxidation sites excluding steroid dienone is 2. The Balaban J connectivity index is 1.50. The van der Waals surface area contributed by atoms with Crippen LogP contribution in [0.2, 0.25) is 0 Å². The predicted molar refractivity (Wildman–Crippen MR) is 103 cm³/mol. The van der Waals surface area contributed by atoms with E-state index in [4.69, 9.17) is 0 Å². The first-order valence-electron chi connectivity index (χ1n) is 9.88. The van der Waals surface area contributed by atoms with Crippen molar-refractivity contribution in [1.29, 1.82) is 0 Å². The summed E-state index contributed by atoms with van der Waals surface area (Å²) >= 11 is 0. The number of benzene rings is 1. The van der Waals surface area contributed by atoms with Crippen LogP contribution in [0, 0.1) is 17.8 Å². The number of fused-ring (bicyclic) bond motifs is 1. The van der Waals surface area contributed by atoms with E-state index in [0.29, 0.717) is 30.0 Å². The summed E-state index contributed by atoms with van der Waals surface area (Å²) in [6.45, 7) is 5.81. The second kappa shape index (κ2) is 6.95. The van der Waals surface area contributed by atoms with Gasteiger partial charge < -0.3 is 4.90 Å². The zero-order valence-corrected chi connectivity index (χ0v) is 16.0. The summed E-state index contributed by atoms with van der Waals surface area (Å²) in [7, 11) is 0. The molecule has 1 aromatic carbocycles. The van der Waals surface area contributed by atoms with Gasteiger partial charge in [0, 0.05) is 18.7 Å². The van der Waals surface area contributed by atoms with E-state index >= 15 is 0 Å². The van der Waals surface area contributed by atoms with Crippen LogP contribution in [0.4, 0.5) is 5.69 Å². The highest BCUT2D eigenvalue weighted by Gasteiger charge is 2.48. The van der Waals surface area contributed by atoms with Crippen LogP contribution in [0.1, 0.15) is 49.9 Å². The summed E-state index contributed by atoms with van der Waals surface area (Å²) in [5.74, 6) is 0.00248. The molecule has 2 atom stereocenters. The minimum Gasteiger partial charge on any atom is -0.339 e. The van der Waals surface area contributed by atoms with Crippen molar-refractivity contribution in [3.8, 4) is 0 Å². The smallest absolute Gasteiger partial charge is 0.253 e. The molecule has 0 aromatic heterocycles. The van der Waals surface area contributed by atoms with Gasteiger partial charge in [-0.1, -0.05) is 18.6 Å². The van der Waals surface area contributed by atoms with Crippen LogP contribution >= 0.6 is 0 Å². The number of hydrogen-bond donors (Lipinski definition) is 0. The number of nitrogens with zero attached hydrogens (tertiary/aromatic N) is 2.